The molecule has 2 saturated heterocycles. The van der Waals surface area contributed by atoms with Crippen LogP contribution in [0.4, 0.5) is 10.1 Å². The number of ether oxygens (including phenoxy) is 1. The second-order valence-corrected chi connectivity index (χ2v) is 8.78. The van der Waals surface area contributed by atoms with E-state index in [1.54, 1.807) is 30.4 Å². The Morgan fingerprint density at radius 1 is 0.971 bits per heavy atom. The van der Waals surface area contributed by atoms with Crippen LogP contribution in [0.5, 0.6) is 0 Å². The highest BCUT2D eigenvalue weighted by molar-refractivity contribution is 5.77. The number of amides is 1. The molecule has 1 aromatic carbocycles. The van der Waals surface area contributed by atoms with E-state index in [0.717, 1.165) is 31.5 Å². The highest BCUT2D eigenvalue weighted by Crippen LogP contribution is 2.29. The molecule has 2 fully saturated rings. The minimum absolute atomic E-state index is 0.0149. The lowest BCUT2D eigenvalue weighted by Crippen LogP contribution is -2.56. The van der Waals surface area contributed by atoms with E-state index in [1.165, 1.54) is 23.6 Å². The molecule has 2 aliphatic heterocycles. The molecule has 2 aliphatic rings. The van der Waals surface area contributed by atoms with Gasteiger partial charge in [-0.2, -0.15) is 0 Å². The Kier molecular flexibility index (Phi) is 6.51. The van der Waals surface area contributed by atoms with E-state index in [2.05, 4.69) is 44.5 Å². The summed E-state index contributed by atoms with van der Waals surface area (Å²) < 4.78 is 20.5. The van der Waals surface area contributed by atoms with E-state index in [-0.39, 0.29) is 18.4 Å². The van der Waals surface area contributed by atoms with Gasteiger partial charge < -0.3 is 14.5 Å². The number of rotatable bonds is 5. The molecule has 0 aliphatic carbocycles. The van der Waals surface area contributed by atoms with Crippen LogP contribution in [-0.2, 0) is 9.53 Å². The lowest BCUT2D eigenvalue weighted by molar-refractivity contribution is -0.167. The molecule has 2 atom stereocenters. The first-order valence-electron chi connectivity index (χ1n) is 11.6. The van der Waals surface area contributed by atoms with Gasteiger partial charge in [-0.05, 0) is 54.3 Å². The summed E-state index contributed by atoms with van der Waals surface area (Å²) in [4.78, 5) is 24.4. The molecule has 5 rings (SSSR count). The quantitative estimate of drug-likeness (QED) is 0.624. The Hall–Kier alpha value is -3.36. The maximum absolute atomic E-state index is 14.2. The summed E-state index contributed by atoms with van der Waals surface area (Å²) in [5.74, 6) is -0.490. The summed E-state index contributed by atoms with van der Waals surface area (Å²) in [5, 5.41) is 3.30. The predicted octanol–water partition coefficient (Wildman–Crippen LogP) is 3.74. The maximum atomic E-state index is 14.2. The van der Waals surface area contributed by atoms with Crippen LogP contribution in [0.15, 0.2) is 67.3 Å². The summed E-state index contributed by atoms with van der Waals surface area (Å²) in [6.45, 7) is 1.73. The zero-order valence-corrected chi connectivity index (χ0v) is 19.1. The van der Waals surface area contributed by atoms with Crippen LogP contribution < -0.4 is 10.2 Å². The molecule has 176 valence electrons. The molecule has 0 bridgehead atoms. The van der Waals surface area contributed by atoms with Crippen LogP contribution in [0, 0.1) is 5.82 Å². The summed E-state index contributed by atoms with van der Waals surface area (Å²) >= 11 is 0. The van der Waals surface area contributed by atoms with Crippen molar-refractivity contribution >= 4 is 11.6 Å². The van der Waals surface area contributed by atoms with Crippen molar-refractivity contribution in [2.45, 2.75) is 37.8 Å². The first kappa shape index (κ1) is 22.4. The Balaban J connectivity index is 1.18. The van der Waals surface area contributed by atoms with Crippen molar-refractivity contribution < 1.29 is 13.9 Å². The van der Waals surface area contributed by atoms with Gasteiger partial charge in [0.25, 0.3) is 0 Å². The number of anilines is 1. The summed E-state index contributed by atoms with van der Waals surface area (Å²) in [6.07, 6.45) is 7.63. The normalized spacial score (nSPS) is 21.6. The van der Waals surface area contributed by atoms with E-state index in [9.17, 15) is 9.18 Å². The third kappa shape index (κ3) is 4.78. The highest BCUT2D eigenvalue weighted by Gasteiger charge is 2.35. The molecule has 0 saturated carbocycles. The van der Waals surface area contributed by atoms with E-state index in [1.807, 2.05) is 12.1 Å². The number of piperidine rings is 1. The molecular formula is C26H28FN5O2. The summed E-state index contributed by atoms with van der Waals surface area (Å²) in [5.41, 5.74) is 3.94. The Labute approximate surface area is 198 Å². The zero-order valence-electron chi connectivity index (χ0n) is 19.1. The van der Waals surface area contributed by atoms with Crippen LogP contribution in [-0.4, -0.2) is 53.4 Å². The number of hydrogen-bond donors (Lipinski definition) is 1. The van der Waals surface area contributed by atoms with Crippen LogP contribution in [0.1, 0.15) is 30.9 Å². The van der Waals surface area contributed by atoms with Gasteiger partial charge in [0.05, 0.1) is 12.3 Å². The Morgan fingerprint density at radius 2 is 1.65 bits per heavy atom. The molecule has 34 heavy (non-hydrogen) atoms. The van der Waals surface area contributed by atoms with Gasteiger partial charge in [0.2, 0.25) is 5.91 Å². The number of benzene rings is 1. The van der Waals surface area contributed by atoms with Crippen LogP contribution in [0.25, 0.3) is 11.1 Å². The number of nitrogens with zero attached hydrogens (tertiary/aromatic N) is 4. The zero-order chi connectivity index (χ0) is 23.5. The minimum Gasteiger partial charge on any atom is -0.371 e. The van der Waals surface area contributed by atoms with Crippen molar-refractivity contribution in [2.75, 3.05) is 25.0 Å². The third-order valence-electron chi connectivity index (χ3n) is 6.66. The van der Waals surface area contributed by atoms with E-state index in [4.69, 9.17) is 4.74 Å². The lowest BCUT2D eigenvalue weighted by Gasteiger charge is -2.41. The van der Waals surface area contributed by atoms with Gasteiger partial charge in [-0.25, -0.2) is 4.39 Å². The van der Waals surface area contributed by atoms with E-state index in [0.29, 0.717) is 5.56 Å². The van der Waals surface area contributed by atoms with Gasteiger partial charge >= 0.3 is 0 Å². The minimum atomic E-state index is -0.588. The highest BCUT2D eigenvalue weighted by atomic mass is 19.1. The number of carbonyl (C=O) groups is 1. The number of hydrogen-bond acceptors (Lipinski definition) is 6. The fraction of sp³-hybridized carbons (Fsp3) is 0.346. The molecule has 7 nitrogen and oxygen atoms in total. The van der Waals surface area contributed by atoms with Gasteiger partial charge in [0, 0.05) is 62.4 Å². The molecule has 4 heterocycles. The Morgan fingerprint density at radius 3 is 2.35 bits per heavy atom. The van der Waals surface area contributed by atoms with Gasteiger partial charge in [0.1, 0.15) is 5.82 Å². The van der Waals surface area contributed by atoms with Crippen LogP contribution >= 0.6 is 0 Å². The monoisotopic (exact) mass is 461 g/mol. The SMILES string of the molecule is CN1C(=O)CC(c2ccncc2F)NC1OC1CCN(c2ccc(-c3ccncc3)cc2)CC1. The molecule has 2 aromatic heterocycles. The topological polar surface area (TPSA) is 70.6 Å². The second-order valence-electron chi connectivity index (χ2n) is 8.78. The number of pyridine rings is 2. The molecule has 1 amide bonds. The smallest absolute Gasteiger partial charge is 0.227 e. The summed E-state index contributed by atoms with van der Waals surface area (Å²) in [7, 11) is 1.72. The standard InChI is InChI=1S/C26H28FN5O2/c1-31-25(33)16-24(22-8-13-29-17-23(22)27)30-26(31)34-21-9-14-32(15-10-21)20-4-2-18(3-5-20)19-6-11-28-12-7-19/h2-8,11-13,17,21,24,26,30H,9-10,14-16H2,1H3. The maximum Gasteiger partial charge on any atom is 0.227 e. The molecule has 8 heteroatoms. The number of halogens is 1. The van der Waals surface area contributed by atoms with Crippen molar-refractivity contribution in [3.8, 4) is 11.1 Å². The fourth-order valence-corrected chi connectivity index (χ4v) is 4.63. The first-order chi connectivity index (χ1) is 16.6. The molecule has 0 spiro atoms. The molecule has 2 unspecified atom stereocenters. The predicted molar refractivity (Wildman–Crippen MR) is 127 cm³/mol. The van der Waals surface area contributed by atoms with E-state index >= 15 is 0 Å². The first-order valence-corrected chi connectivity index (χ1v) is 11.6. The van der Waals surface area contributed by atoms with E-state index < -0.39 is 18.2 Å². The van der Waals surface area contributed by atoms with Crippen molar-refractivity contribution in [3.63, 3.8) is 0 Å². The molecule has 3 aromatic rings. The average molecular weight is 462 g/mol. The Bertz CT molecular complexity index is 1120. The number of aromatic nitrogens is 2. The van der Waals surface area contributed by atoms with Crippen molar-refractivity contribution in [2.24, 2.45) is 0 Å². The van der Waals surface area contributed by atoms with Gasteiger partial charge in [0.15, 0.2) is 6.35 Å². The largest absolute Gasteiger partial charge is 0.371 e. The van der Waals surface area contributed by atoms with Gasteiger partial charge in [-0.3, -0.25) is 20.1 Å². The van der Waals surface area contributed by atoms with Crippen molar-refractivity contribution in [1.82, 2.24) is 20.2 Å². The number of nitrogens with one attached hydrogen (secondary N) is 1. The fourth-order valence-electron chi connectivity index (χ4n) is 4.63. The molecule has 0 radical (unpaired) electrons. The summed E-state index contributed by atoms with van der Waals surface area (Å²) in [6, 6.07) is 13.8. The van der Waals surface area contributed by atoms with Gasteiger partial charge in [-0.15, -0.1) is 0 Å². The second kappa shape index (κ2) is 9.87. The average Bonchev–Trinajstić information content (AvgIpc) is 2.88. The van der Waals surface area contributed by atoms with Crippen LogP contribution in [0.3, 0.4) is 0 Å². The van der Waals surface area contributed by atoms with Crippen molar-refractivity contribution in [3.05, 3.63) is 78.6 Å². The molecular weight excluding hydrogens is 433 g/mol. The van der Waals surface area contributed by atoms with Crippen LogP contribution in [0.2, 0.25) is 0 Å². The third-order valence-corrected chi connectivity index (χ3v) is 6.66. The lowest BCUT2D eigenvalue weighted by atomic mass is 10.0. The number of carbonyl (C=O) groups excluding carboxylic acids is 1. The molecule has 1 N–H and O–H groups in total. The van der Waals surface area contributed by atoms with Crippen molar-refractivity contribution in [1.29, 1.82) is 0 Å². The van der Waals surface area contributed by atoms with Gasteiger partial charge in [-0.1, -0.05) is 12.1 Å².